The third-order valence-corrected chi connectivity index (χ3v) is 5.61. The first-order chi connectivity index (χ1) is 16.0. The van der Waals surface area contributed by atoms with Crippen molar-refractivity contribution in [2.45, 2.75) is 32.9 Å². The quantitative estimate of drug-likeness (QED) is 0.323. The van der Waals surface area contributed by atoms with Crippen LogP contribution in [0.25, 0.3) is 5.76 Å². The second-order valence-electron chi connectivity index (χ2n) is 8.07. The predicted octanol–water partition coefficient (Wildman–Crippen LogP) is 4.80. The summed E-state index contributed by atoms with van der Waals surface area (Å²) in [5.41, 5.74) is 3.11. The van der Waals surface area contributed by atoms with E-state index in [1.807, 2.05) is 56.3 Å². The number of Topliss-reactive ketones (excluding diaryl/α,β-unsaturated/α-hetero) is 1. The molecule has 0 unspecified atom stereocenters. The minimum absolute atomic E-state index is 0.0787. The Morgan fingerprint density at radius 1 is 1.06 bits per heavy atom. The second kappa shape index (κ2) is 9.69. The first-order valence-electron chi connectivity index (χ1n) is 11.0. The predicted molar refractivity (Wildman–Crippen MR) is 125 cm³/mol. The van der Waals surface area contributed by atoms with Crippen molar-refractivity contribution in [1.29, 1.82) is 0 Å². The highest BCUT2D eigenvalue weighted by Gasteiger charge is 2.46. The topological polar surface area (TPSA) is 79.7 Å². The zero-order valence-electron chi connectivity index (χ0n) is 18.7. The molecule has 2 heterocycles. The van der Waals surface area contributed by atoms with Crippen molar-refractivity contribution in [3.05, 3.63) is 101 Å². The van der Waals surface area contributed by atoms with Crippen molar-refractivity contribution in [2.75, 3.05) is 6.61 Å². The van der Waals surface area contributed by atoms with Crippen LogP contribution in [-0.4, -0.2) is 33.3 Å². The molecule has 1 aromatic heterocycles. The molecule has 0 spiro atoms. The van der Waals surface area contributed by atoms with E-state index in [9.17, 15) is 14.7 Å². The van der Waals surface area contributed by atoms with Gasteiger partial charge in [0.15, 0.2) is 0 Å². The highest BCUT2D eigenvalue weighted by atomic mass is 16.5. The van der Waals surface area contributed by atoms with E-state index in [4.69, 9.17) is 4.74 Å². The van der Waals surface area contributed by atoms with Gasteiger partial charge in [-0.25, -0.2) is 0 Å². The van der Waals surface area contributed by atoms with Crippen LogP contribution in [-0.2, 0) is 16.1 Å². The Labute approximate surface area is 193 Å². The van der Waals surface area contributed by atoms with E-state index < -0.39 is 17.7 Å². The van der Waals surface area contributed by atoms with Crippen LogP contribution in [0.4, 0.5) is 0 Å². The van der Waals surface area contributed by atoms with E-state index in [2.05, 4.69) is 4.98 Å². The van der Waals surface area contributed by atoms with Crippen LogP contribution in [0.1, 0.15) is 41.6 Å². The molecule has 0 saturated carbocycles. The van der Waals surface area contributed by atoms with Crippen LogP contribution in [0, 0.1) is 6.92 Å². The average Bonchev–Trinajstić information content (AvgIpc) is 3.08. The van der Waals surface area contributed by atoms with Crippen molar-refractivity contribution < 1.29 is 19.4 Å². The number of carbonyl (C=O) groups is 2. The van der Waals surface area contributed by atoms with E-state index >= 15 is 0 Å². The molecule has 6 nitrogen and oxygen atoms in total. The number of carbonyl (C=O) groups excluding carboxylic acids is 2. The summed E-state index contributed by atoms with van der Waals surface area (Å²) in [6.45, 7) is 4.78. The minimum Gasteiger partial charge on any atom is -0.507 e. The normalized spacial score (nSPS) is 17.4. The summed E-state index contributed by atoms with van der Waals surface area (Å²) in [7, 11) is 0. The highest BCUT2D eigenvalue weighted by molar-refractivity contribution is 6.46. The molecular formula is C27H26N2O4. The molecule has 1 aliphatic rings. The summed E-state index contributed by atoms with van der Waals surface area (Å²) in [5, 5.41) is 11.1. The van der Waals surface area contributed by atoms with Crippen LogP contribution in [0.15, 0.2) is 78.6 Å². The molecule has 33 heavy (non-hydrogen) atoms. The van der Waals surface area contributed by atoms with Crippen LogP contribution < -0.4 is 4.74 Å². The first kappa shape index (κ1) is 22.3. The molecule has 6 heteroatoms. The number of ether oxygens (including phenoxy) is 1. The van der Waals surface area contributed by atoms with Crippen LogP contribution in [0.5, 0.6) is 5.75 Å². The van der Waals surface area contributed by atoms with E-state index in [1.165, 1.54) is 4.90 Å². The fourth-order valence-corrected chi connectivity index (χ4v) is 3.91. The van der Waals surface area contributed by atoms with Crippen molar-refractivity contribution in [3.63, 3.8) is 0 Å². The van der Waals surface area contributed by atoms with Crippen molar-refractivity contribution in [1.82, 2.24) is 9.88 Å². The lowest BCUT2D eigenvalue weighted by atomic mass is 9.95. The average molecular weight is 443 g/mol. The molecule has 1 fully saturated rings. The van der Waals surface area contributed by atoms with Gasteiger partial charge >= 0.3 is 0 Å². The Balaban J connectivity index is 1.80. The van der Waals surface area contributed by atoms with E-state index in [0.29, 0.717) is 17.9 Å². The molecule has 2 aromatic carbocycles. The number of aryl methyl sites for hydroxylation is 1. The number of hydrogen-bond donors (Lipinski definition) is 1. The highest BCUT2D eigenvalue weighted by Crippen LogP contribution is 2.40. The number of rotatable bonds is 7. The second-order valence-corrected chi connectivity index (χ2v) is 8.07. The van der Waals surface area contributed by atoms with Crippen molar-refractivity contribution >= 4 is 17.4 Å². The summed E-state index contributed by atoms with van der Waals surface area (Å²) < 4.78 is 5.68. The lowest BCUT2D eigenvalue weighted by Gasteiger charge is -2.25. The van der Waals surface area contributed by atoms with Gasteiger partial charge in [0.25, 0.3) is 11.7 Å². The molecule has 1 N–H and O–H groups in total. The van der Waals surface area contributed by atoms with E-state index in [-0.39, 0.29) is 17.9 Å². The number of hydrogen-bond acceptors (Lipinski definition) is 5. The summed E-state index contributed by atoms with van der Waals surface area (Å²) >= 11 is 0. The number of amides is 1. The van der Waals surface area contributed by atoms with Gasteiger partial charge in [0.2, 0.25) is 0 Å². The number of ketones is 1. The number of aliphatic hydroxyl groups excluding tert-OH is 1. The van der Waals surface area contributed by atoms with Crippen LogP contribution in [0.2, 0.25) is 0 Å². The van der Waals surface area contributed by atoms with Gasteiger partial charge in [0.05, 0.1) is 18.2 Å². The Bertz CT molecular complexity index is 1170. The maximum absolute atomic E-state index is 13.1. The molecule has 0 bridgehead atoms. The molecule has 0 radical (unpaired) electrons. The van der Waals surface area contributed by atoms with Gasteiger partial charge < -0.3 is 14.7 Å². The van der Waals surface area contributed by atoms with Crippen LogP contribution in [0.3, 0.4) is 0 Å². The molecule has 1 aliphatic heterocycles. The largest absolute Gasteiger partial charge is 0.507 e. The number of likely N-dealkylation sites (tertiary alicyclic amines) is 1. The van der Waals surface area contributed by atoms with Gasteiger partial charge in [-0.2, -0.15) is 0 Å². The fourth-order valence-electron chi connectivity index (χ4n) is 3.91. The summed E-state index contributed by atoms with van der Waals surface area (Å²) in [6, 6.07) is 17.4. The van der Waals surface area contributed by atoms with Crippen LogP contribution >= 0.6 is 0 Å². The molecular weight excluding hydrogens is 416 g/mol. The molecule has 1 atom stereocenters. The maximum atomic E-state index is 13.1. The fraction of sp³-hybridized carbons (Fsp3) is 0.222. The van der Waals surface area contributed by atoms with E-state index in [0.717, 1.165) is 23.1 Å². The number of aliphatic hydroxyl groups is 1. The zero-order valence-corrected chi connectivity index (χ0v) is 18.7. The van der Waals surface area contributed by atoms with E-state index in [1.54, 1.807) is 30.6 Å². The number of pyridine rings is 1. The Hall–Kier alpha value is -3.93. The Morgan fingerprint density at radius 2 is 1.79 bits per heavy atom. The molecule has 0 aliphatic carbocycles. The number of benzene rings is 2. The molecule has 1 amide bonds. The molecule has 3 aromatic rings. The number of nitrogens with zero attached hydrogens (tertiary/aromatic N) is 2. The zero-order chi connectivity index (χ0) is 23.4. The maximum Gasteiger partial charge on any atom is 0.295 e. The standard InChI is InChI=1S/C27H26N2O4/c1-3-15-33-22-12-10-20(11-13-22)24-23(25(30)21-8-6-18(2)7-9-21)26(31)27(32)29(24)17-19-5-4-14-28-16-19/h4-14,16,24,30H,3,15,17H2,1-2H3/b25-23+/t24-/m1/s1. The van der Waals surface area contributed by atoms with Gasteiger partial charge in [-0.15, -0.1) is 0 Å². The minimum atomic E-state index is -0.730. The molecule has 168 valence electrons. The van der Waals surface area contributed by atoms with Gasteiger partial charge in [-0.1, -0.05) is 55.0 Å². The summed E-state index contributed by atoms with van der Waals surface area (Å²) in [4.78, 5) is 31.8. The lowest BCUT2D eigenvalue weighted by Crippen LogP contribution is -2.29. The third-order valence-electron chi connectivity index (χ3n) is 5.61. The molecule has 4 rings (SSSR count). The summed E-state index contributed by atoms with van der Waals surface area (Å²) in [6.07, 6.45) is 4.21. The van der Waals surface area contributed by atoms with Crippen molar-refractivity contribution in [2.24, 2.45) is 0 Å². The van der Waals surface area contributed by atoms with Gasteiger partial charge in [-0.05, 0) is 42.7 Å². The first-order valence-corrected chi connectivity index (χ1v) is 11.0. The van der Waals surface area contributed by atoms with Gasteiger partial charge in [-0.3, -0.25) is 14.6 Å². The SMILES string of the molecule is CCCOc1ccc([C@@H]2/C(=C(\O)c3ccc(C)cc3)C(=O)C(=O)N2Cc2cccnc2)cc1. The lowest BCUT2D eigenvalue weighted by molar-refractivity contribution is -0.140. The van der Waals surface area contributed by atoms with Gasteiger partial charge in [0.1, 0.15) is 11.5 Å². The Morgan fingerprint density at radius 3 is 2.42 bits per heavy atom. The van der Waals surface area contributed by atoms with Gasteiger partial charge in [0, 0.05) is 24.5 Å². The summed E-state index contributed by atoms with van der Waals surface area (Å²) in [5.74, 6) is -0.821. The number of aromatic nitrogens is 1. The smallest absolute Gasteiger partial charge is 0.295 e. The Kier molecular flexibility index (Phi) is 6.54. The van der Waals surface area contributed by atoms with Crippen molar-refractivity contribution in [3.8, 4) is 5.75 Å². The monoisotopic (exact) mass is 442 g/mol. The third kappa shape index (κ3) is 4.65. The molecule has 1 saturated heterocycles.